The van der Waals surface area contributed by atoms with E-state index >= 15 is 0 Å². The third kappa shape index (κ3) is 3.12. The van der Waals surface area contributed by atoms with E-state index in [9.17, 15) is 12.8 Å². The minimum Gasteiger partial charge on any atom is -0.392 e. The van der Waals surface area contributed by atoms with E-state index in [0.717, 1.165) is 17.8 Å². The quantitative estimate of drug-likeness (QED) is 0.902. The molecule has 2 aromatic rings. The highest BCUT2D eigenvalue weighted by Gasteiger charge is 2.19. The van der Waals surface area contributed by atoms with Crippen LogP contribution in [0.5, 0.6) is 0 Å². The Hall–Kier alpha value is -1.99. The number of rotatable bonds is 4. The predicted octanol–water partition coefficient (Wildman–Crippen LogP) is 1.82. The van der Waals surface area contributed by atoms with Crippen LogP contribution in [0.4, 0.5) is 10.1 Å². The molecule has 5 nitrogen and oxygen atoms in total. The summed E-state index contributed by atoms with van der Waals surface area (Å²) in [4.78, 5) is 3.68. The van der Waals surface area contributed by atoms with Crippen molar-refractivity contribution in [3.8, 4) is 0 Å². The predicted molar refractivity (Wildman–Crippen MR) is 72.1 cm³/mol. The average Bonchev–Trinajstić information content (AvgIpc) is 2.41. The number of benzene rings is 1. The first-order valence-corrected chi connectivity index (χ1v) is 7.25. The van der Waals surface area contributed by atoms with Gasteiger partial charge in [0.25, 0.3) is 10.0 Å². The highest BCUT2D eigenvalue weighted by atomic mass is 32.2. The third-order valence-electron chi connectivity index (χ3n) is 2.65. The molecule has 20 heavy (non-hydrogen) atoms. The van der Waals surface area contributed by atoms with Crippen LogP contribution in [-0.4, -0.2) is 18.5 Å². The molecule has 0 bridgehead atoms. The second kappa shape index (κ2) is 5.56. The first-order chi connectivity index (χ1) is 9.42. The molecule has 0 atom stereocenters. The molecule has 1 aromatic carbocycles. The molecule has 7 heteroatoms. The van der Waals surface area contributed by atoms with Gasteiger partial charge < -0.3 is 5.11 Å². The Labute approximate surface area is 116 Å². The van der Waals surface area contributed by atoms with Gasteiger partial charge in [-0.05, 0) is 36.8 Å². The summed E-state index contributed by atoms with van der Waals surface area (Å²) >= 11 is 0. The molecular formula is C13H13FN2O3S. The number of nitrogens with zero attached hydrogens (tertiary/aromatic N) is 1. The lowest BCUT2D eigenvalue weighted by Crippen LogP contribution is -2.15. The minimum atomic E-state index is -3.98. The van der Waals surface area contributed by atoms with Crippen molar-refractivity contribution < 1.29 is 17.9 Å². The van der Waals surface area contributed by atoms with Gasteiger partial charge in [0, 0.05) is 5.69 Å². The van der Waals surface area contributed by atoms with Gasteiger partial charge in [0.05, 0.1) is 23.4 Å². The smallest absolute Gasteiger partial charge is 0.262 e. The molecule has 1 aromatic heterocycles. The molecule has 0 saturated carbocycles. The first kappa shape index (κ1) is 14.4. The number of hydrogen-bond donors (Lipinski definition) is 2. The lowest BCUT2D eigenvalue weighted by atomic mass is 10.2. The SMILES string of the molecule is Cc1ccc(NS(=O)(=O)c2cc(F)ccc2CO)cn1. The van der Waals surface area contributed by atoms with E-state index in [4.69, 9.17) is 5.11 Å². The Bertz CT molecular complexity index is 715. The van der Waals surface area contributed by atoms with Crippen LogP contribution in [0.15, 0.2) is 41.4 Å². The molecule has 0 unspecified atom stereocenters. The van der Waals surface area contributed by atoms with Gasteiger partial charge in [-0.3, -0.25) is 9.71 Å². The molecular weight excluding hydrogens is 283 g/mol. The van der Waals surface area contributed by atoms with E-state index in [0.29, 0.717) is 0 Å². The second-order valence-corrected chi connectivity index (χ2v) is 5.85. The molecule has 2 rings (SSSR count). The summed E-state index contributed by atoms with van der Waals surface area (Å²) in [6.45, 7) is 1.28. The Kier molecular flexibility index (Phi) is 4.01. The Morgan fingerprint density at radius 2 is 2.05 bits per heavy atom. The van der Waals surface area contributed by atoms with Gasteiger partial charge in [-0.15, -0.1) is 0 Å². The van der Waals surface area contributed by atoms with Crippen molar-refractivity contribution in [3.63, 3.8) is 0 Å². The molecule has 0 aliphatic rings. The van der Waals surface area contributed by atoms with Crippen LogP contribution in [0.1, 0.15) is 11.3 Å². The van der Waals surface area contributed by atoms with Crippen LogP contribution >= 0.6 is 0 Å². The summed E-state index contributed by atoms with van der Waals surface area (Å²) in [7, 11) is -3.98. The average molecular weight is 296 g/mol. The van der Waals surface area contributed by atoms with Crippen molar-refractivity contribution in [1.29, 1.82) is 0 Å². The molecule has 2 N–H and O–H groups in total. The van der Waals surface area contributed by atoms with E-state index in [1.54, 1.807) is 19.1 Å². The maximum atomic E-state index is 13.2. The van der Waals surface area contributed by atoms with E-state index in [-0.39, 0.29) is 16.1 Å². The van der Waals surface area contributed by atoms with Crippen LogP contribution in [0.3, 0.4) is 0 Å². The Morgan fingerprint density at radius 1 is 1.30 bits per heavy atom. The van der Waals surface area contributed by atoms with E-state index in [2.05, 4.69) is 9.71 Å². The summed E-state index contributed by atoms with van der Waals surface area (Å²) in [6.07, 6.45) is 1.37. The number of pyridine rings is 1. The van der Waals surface area contributed by atoms with Gasteiger partial charge in [0.2, 0.25) is 0 Å². The molecule has 1 heterocycles. The zero-order chi connectivity index (χ0) is 14.8. The van der Waals surface area contributed by atoms with Crippen LogP contribution in [-0.2, 0) is 16.6 Å². The summed E-state index contributed by atoms with van der Waals surface area (Å²) in [5, 5.41) is 9.15. The minimum absolute atomic E-state index is 0.124. The number of aryl methyl sites for hydroxylation is 1. The second-order valence-electron chi connectivity index (χ2n) is 4.20. The topological polar surface area (TPSA) is 79.3 Å². The lowest BCUT2D eigenvalue weighted by Gasteiger charge is -2.11. The van der Waals surface area contributed by atoms with Gasteiger partial charge in [-0.25, -0.2) is 12.8 Å². The van der Waals surface area contributed by atoms with Crippen molar-refractivity contribution >= 4 is 15.7 Å². The van der Waals surface area contributed by atoms with Gasteiger partial charge in [-0.2, -0.15) is 0 Å². The van der Waals surface area contributed by atoms with Crippen molar-refractivity contribution in [2.24, 2.45) is 0 Å². The number of nitrogens with one attached hydrogen (secondary N) is 1. The van der Waals surface area contributed by atoms with Crippen molar-refractivity contribution in [1.82, 2.24) is 4.98 Å². The first-order valence-electron chi connectivity index (χ1n) is 5.77. The highest BCUT2D eigenvalue weighted by Crippen LogP contribution is 2.20. The molecule has 0 amide bonds. The third-order valence-corrected chi connectivity index (χ3v) is 4.12. The van der Waals surface area contributed by atoms with Crippen LogP contribution in [0.2, 0.25) is 0 Å². The van der Waals surface area contributed by atoms with Gasteiger partial charge >= 0.3 is 0 Å². The van der Waals surface area contributed by atoms with Crippen LogP contribution in [0.25, 0.3) is 0 Å². The zero-order valence-corrected chi connectivity index (χ0v) is 11.5. The largest absolute Gasteiger partial charge is 0.392 e. The van der Waals surface area contributed by atoms with Gasteiger partial charge in [0.15, 0.2) is 0 Å². The van der Waals surface area contributed by atoms with Crippen LogP contribution < -0.4 is 4.72 Å². The van der Waals surface area contributed by atoms with Crippen molar-refractivity contribution in [2.75, 3.05) is 4.72 Å². The number of sulfonamides is 1. The van der Waals surface area contributed by atoms with Crippen LogP contribution in [0, 0.1) is 12.7 Å². The normalized spacial score (nSPS) is 11.3. The highest BCUT2D eigenvalue weighted by molar-refractivity contribution is 7.92. The molecule has 106 valence electrons. The fourth-order valence-electron chi connectivity index (χ4n) is 1.65. The summed E-state index contributed by atoms with van der Waals surface area (Å²) in [5.41, 5.74) is 1.14. The monoisotopic (exact) mass is 296 g/mol. The number of hydrogen-bond acceptors (Lipinski definition) is 4. The number of aromatic nitrogens is 1. The summed E-state index contributed by atoms with van der Waals surface area (Å²) in [5.74, 6) is -0.690. The molecule has 0 aliphatic heterocycles. The van der Waals surface area contributed by atoms with E-state index in [1.807, 2.05) is 0 Å². The molecule has 0 saturated heterocycles. The fourth-order valence-corrected chi connectivity index (χ4v) is 2.93. The van der Waals surface area contributed by atoms with Gasteiger partial charge in [-0.1, -0.05) is 6.07 Å². The number of halogens is 1. The van der Waals surface area contributed by atoms with Crippen molar-refractivity contribution in [3.05, 3.63) is 53.6 Å². The zero-order valence-electron chi connectivity index (χ0n) is 10.7. The van der Waals surface area contributed by atoms with Gasteiger partial charge in [0.1, 0.15) is 5.82 Å². The summed E-state index contributed by atoms with van der Waals surface area (Å²) < 4.78 is 39.9. The van der Waals surface area contributed by atoms with E-state index < -0.39 is 22.4 Å². The van der Waals surface area contributed by atoms with E-state index in [1.165, 1.54) is 12.3 Å². The maximum absolute atomic E-state index is 13.2. The summed E-state index contributed by atoms with van der Waals surface area (Å²) in [6, 6.07) is 6.40. The number of aliphatic hydroxyl groups is 1. The maximum Gasteiger partial charge on any atom is 0.262 e. The Morgan fingerprint density at radius 3 is 2.65 bits per heavy atom. The molecule has 0 aliphatic carbocycles. The fraction of sp³-hybridized carbons (Fsp3) is 0.154. The standard InChI is InChI=1S/C13H13FN2O3S/c1-9-2-5-12(7-15-9)16-20(18,19)13-6-11(14)4-3-10(13)8-17/h2-7,16-17H,8H2,1H3. The van der Waals surface area contributed by atoms with Crippen molar-refractivity contribution in [2.45, 2.75) is 18.4 Å². The lowest BCUT2D eigenvalue weighted by molar-refractivity contribution is 0.278. The molecule has 0 radical (unpaired) electrons. The number of anilines is 1. The number of aliphatic hydroxyl groups excluding tert-OH is 1. The Balaban J connectivity index is 2.40. The molecule has 0 spiro atoms. The molecule has 0 fully saturated rings.